The lowest BCUT2D eigenvalue weighted by Gasteiger charge is -2.28. The monoisotopic (exact) mass is 225 g/mol. The average molecular weight is 225 g/mol. The predicted molar refractivity (Wildman–Crippen MR) is 60.9 cm³/mol. The molecular weight excluding hydrogens is 206 g/mol. The van der Waals surface area contributed by atoms with E-state index in [9.17, 15) is 4.79 Å². The molecule has 0 aliphatic rings. The van der Waals surface area contributed by atoms with Crippen molar-refractivity contribution in [1.29, 1.82) is 0 Å². The van der Waals surface area contributed by atoms with E-state index in [1.54, 1.807) is 6.26 Å². The second-order valence-corrected chi connectivity index (χ2v) is 4.10. The molecule has 0 radical (unpaired) electrons. The van der Waals surface area contributed by atoms with Crippen LogP contribution in [0.3, 0.4) is 0 Å². The SMILES string of the molecule is CCC(C)(CC(=O)OC)NCc1ccco1. The summed E-state index contributed by atoms with van der Waals surface area (Å²) in [6, 6.07) is 3.75. The van der Waals surface area contributed by atoms with Crippen LogP contribution in [0.2, 0.25) is 0 Å². The van der Waals surface area contributed by atoms with Gasteiger partial charge in [-0.1, -0.05) is 6.92 Å². The standard InChI is InChI=1S/C12H19NO3/c1-4-12(2,8-11(14)15-3)13-9-10-6-5-7-16-10/h5-7,13H,4,8-9H2,1-3H3. The number of hydrogen-bond acceptors (Lipinski definition) is 4. The summed E-state index contributed by atoms with van der Waals surface area (Å²) in [4.78, 5) is 11.3. The van der Waals surface area contributed by atoms with Crippen LogP contribution in [0.15, 0.2) is 22.8 Å². The molecule has 0 aliphatic carbocycles. The smallest absolute Gasteiger partial charge is 0.307 e. The van der Waals surface area contributed by atoms with Gasteiger partial charge < -0.3 is 14.5 Å². The summed E-state index contributed by atoms with van der Waals surface area (Å²) in [5.74, 6) is 0.667. The van der Waals surface area contributed by atoms with Crippen LogP contribution in [0.4, 0.5) is 0 Å². The molecule has 4 nitrogen and oxygen atoms in total. The summed E-state index contributed by atoms with van der Waals surface area (Å²) in [6.45, 7) is 4.67. The number of methoxy groups -OCH3 is 1. The number of furan rings is 1. The van der Waals surface area contributed by atoms with E-state index in [1.807, 2.05) is 26.0 Å². The van der Waals surface area contributed by atoms with E-state index in [-0.39, 0.29) is 11.5 Å². The lowest BCUT2D eigenvalue weighted by molar-refractivity contribution is -0.142. The molecule has 1 atom stereocenters. The van der Waals surface area contributed by atoms with Gasteiger partial charge in [-0.3, -0.25) is 4.79 Å². The highest BCUT2D eigenvalue weighted by molar-refractivity contribution is 5.70. The summed E-state index contributed by atoms with van der Waals surface area (Å²) in [5.41, 5.74) is -0.250. The minimum absolute atomic E-state index is 0.198. The third-order valence-corrected chi connectivity index (χ3v) is 2.81. The Hall–Kier alpha value is -1.29. The van der Waals surface area contributed by atoms with Crippen LogP contribution in [-0.4, -0.2) is 18.6 Å². The van der Waals surface area contributed by atoms with Gasteiger partial charge in [0.05, 0.1) is 26.3 Å². The van der Waals surface area contributed by atoms with Crippen molar-refractivity contribution >= 4 is 5.97 Å². The van der Waals surface area contributed by atoms with E-state index in [4.69, 9.17) is 4.42 Å². The van der Waals surface area contributed by atoms with Gasteiger partial charge in [-0.15, -0.1) is 0 Å². The molecule has 1 rings (SSSR count). The molecule has 0 amide bonds. The zero-order valence-electron chi connectivity index (χ0n) is 10.1. The fraction of sp³-hybridized carbons (Fsp3) is 0.583. The maximum absolute atomic E-state index is 11.3. The van der Waals surface area contributed by atoms with Gasteiger partial charge in [-0.05, 0) is 25.5 Å². The van der Waals surface area contributed by atoms with Crippen molar-refractivity contribution in [1.82, 2.24) is 5.32 Å². The number of rotatable bonds is 6. The molecular formula is C12H19NO3. The minimum Gasteiger partial charge on any atom is -0.469 e. The molecule has 16 heavy (non-hydrogen) atoms. The van der Waals surface area contributed by atoms with Gasteiger partial charge in [0.15, 0.2) is 0 Å². The van der Waals surface area contributed by atoms with Crippen molar-refractivity contribution in [3.63, 3.8) is 0 Å². The highest BCUT2D eigenvalue weighted by atomic mass is 16.5. The number of esters is 1. The first kappa shape index (κ1) is 12.8. The molecule has 90 valence electrons. The highest BCUT2D eigenvalue weighted by Crippen LogP contribution is 2.16. The third kappa shape index (κ3) is 3.70. The zero-order chi connectivity index (χ0) is 12.0. The topological polar surface area (TPSA) is 51.5 Å². The van der Waals surface area contributed by atoms with E-state index in [0.29, 0.717) is 13.0 Å². The first-order valence-electron chi connectivity index (χ1n) is 5.44. The maximum atomic E-state index is 11.3. The Morgan fingerprint density at radius 2 is 2.38 bits per heavy atom. The molecule has 4 heteroatoms. The summed E-state index contributed by atoms with van der Waals surface area (Å²) in [7, 11) is 1.41. The second-order valence-electron chi connectivity index (χ2n) is 4.10. The molecule has 1 heterocycles. The summed E-state index contributed by atoms with van der Waals surface area (Å²) < 4.78 is 9.91. The van der Waals surface area contributed by atoms with Crippen molar-refractivity contribution < 1.29 is 13.9 Å². The maximum Gasteiger partial charge on any atom is 0.307 e. The van der Waals surface area contributed by atoms with Crippen LogP contribution in [0.25, 0.3) is 0 Å². The average Bonchev–Trinajstić information content (AvgIpc) is 2.79. The Labute approximate surface area is 96.0 Å². The van der Waals surface area contributed by atoms with E-state index in [2.05, 4.69) is 10.1 Å². The largest absolute Gasteiger partial charge is 0.469 e. The Bertz CT molecular complexity index is 321. The van der Waals surface area contributed by atoms with Gasteiger partial charge in [0, 0.05) is 5.54 Å². The molecule has 1 unspecified atom stereocenters. The summed E-state index contributed by atoms with van der Waals surface area (Å²) in [6.07, 6.45) is 2.85. The van der Waals surface area contributed by atoms with Gasteiger partial charge in [-0.2, -0.15) is 0 Å². The number of carbonyl (C=O) groups is 1. The van der Waals surface area contributed by atoms with Crippen LogP contribution in [0.5, 0.6) is 0 Å². The van der Waals surface area contributed by atoms with Crippen LogP contribution < -0.4 is 5.32 Å². The van der Waals surface area contributed by atoms with Crippen LogP contribution in [0, 0.1) is 0 Å². The zero-order valence-corrected chi connectivity index (χ0v) is 10.1. The van der Waals surface area contributed by atoms with E-state index >= 15 is 0 Å². The van der Waals surface area contributed by atoms with Crippen LogP contribution in [0.1, 0.15) is 32.4 Å². The van der Waals surface area contributed by atoms with Gasteiger partial charge in [-0.25, -0.2) is 0 Å². The van der Waals surface area contributed by atoms with E-state index in [1.165, 1.54) is 7.11 Å². The van der Waals surface area contributed by atoms with Gasteiger partial charge in [0.1, 0.15) is 5.76 Å². The molecule has 1 aromatic heterocycles. The van der Waals surface area contributed by atoms with E-state index in [0.717, 1.165) is 12.2 Å². The Balaban J connectivity index is 2.49. The van der Waals surface area contributed by atoms with E-state index < -0.39 is 0 Å². The Kier molecular flexibility index (Phi) is 4.55. The molecule has 0 fully saturated rings. The third-order valence-electron chi connectivity index (χ3n) is 2.81. The fourth-order valence-corrected chi connectivity index (χ4v) is 1.42. The van der Waals surface area contributed by atoms with Crippen molar-refractivity contribution in [2.45, 2.75) is 38.8 Å². The van der Waals surface area contributed by atoms with Crippen LogP contribution >= 0.6 is 0 Å². The van der Waals surface area contributed by atoms with Crippen molar-refractivity contribution in [3.8, 4) is 0 Å². The summed E-state index contributed by atoms with van der Waals surface area (Å²) >= 11 is 0. The fourth-order valence-electron chi connectivity index (χ4n) is 1.42. The lowest BCUT2D eigenvalue weighted by Crippen LogP contribution is -2.43. The molecule has 1 N–H and O–H groups in total. The minimum atomic E-state index is -0.250. The highest BCUT2D eigenvalue weighted by Gasteiger charge is 2.25. The normalized spacial score (nSPS) is 14.4. The molecule has 1 aromatic rings. The molecule has 0 bridgehead atoms. The van der Waals surface area contributed by atoms with Crippen LogP contribution in [-0.2, 0) is 16.1 Å². The van der Waals surface area contributed by atoms with Gasteiger partial charge in [0.2, 0.25) is 0 Å². The quantitative estimate of drug-likeness (QED) is 0.753. The second kappa shape index (κ2) is 5.70. The number of nitrogens with one attached hydrogen (secondary N) is 1. The van der Waals surface area contributed by atoms with Crippen molar-refractivity contribution in [2.75, 3.05) is 7.11 Å². The van der Waals surface area contributed by atoms with Gasteiger partial charge >= 0.3 is 5.97 Å². The van der Waals surface area contributed by atoms with Crippen molar-refractivity contribution in [2.24, 2.45) is 0 Å². The Morgan fingerprint density at radius 3 is 2.88 bits per heavy atom. The molecule has 0 aromatic carbocycles. The Morgan fingerprint density at radius 1 is 1.62 bits per heavy atom. The molecule has 0 spiro atoms. The number of carbonyl (C=O) groups excluding carboxylic acids is 1. The molecule has 0 saturated carbocycles. The first-order chi connectivity index (χ1) is 7.59. The van der Waals surface area contributed by atoms with Crippen molar-refractivity contribution in [3.05, 3.63) is 24.2 Å². The lowest BCUT2D eigenvalue weighted by atomic mass is 9.94. The summed E-state index contributed by atoms with van der Waals surface area (Å²) in [5, 5.41) is 3.32. The first-order valence-corrected chi connectivity index (χ1v) is 5.44. The molecule has 0 aliphatic heterocycles. The predicted octanol–water partition coefficient (Wildman–Crippen LogP) is 2.10. The molecule has 0 saturated heterocycles. The van der Waals surface area contributed by atoms with Gasteiger partial charge in [0.25, 0.3) is 0 Å². The number of hydrogen-bond donors (Lipinski definition) is 1. The number of ether oxygens (including phenoxy) is 1.